The molecule has 1 aliphatic heterocycles. The Morgan fingerprint density at radius 2 is 2.00 bits per heavy atom. The molecule has 0 bridgehead atoms. The molecular formula is C19H19N3O2. The van der Waals surface area contributed by atoms with Gasteiger partial charge in [-0.2, -0.15) is 5.10 Å². The number of nitrogens with one attached hydrogen (secondary N) is 1. The first-order chi connectivity index (χ1) is 11.6. The second-order valence-corrected chi connectivity index (χ2v) is 6.36. The summed E-state index contributed by atoms with van der Waals surface area (Å²) >= 11 is 0. The van der Waals surface area contributed by atoms with Crippen molar-refractivity contribution in [3.05, 3.63) is 60.0 Å². The topological polar surface area (TPSA) is 60.1 Å². The molecular weight excluding hydrogens is 302 g/mol. The van der Waals surface area contributed by atoms with Crippen LogP contribution < -0.4 is 5.32 Å². The predicted molar refractivity (Wildman–Crippen MR) is 91.8 cm³/mol. The van der Waals surface area contributed by atoms with E-state index in [0.29, 0.717) is 6.42 Å². The fourth-order valence-electron chi connectivity index (χ4n) is 3.18. The van der Waals surface area contributed by atoms with Gasteiger partial charge in [-0.15, -0.1) is 0 Å². The number of carbonyl (C=O) groups excluding carboxylic acids is 1. The van der Waals surface area contributed by atoms with Gasteiger partial charge in [0.2, 0.25) is 5.91 Å². The number of fused-ring (bicyclic) bond motifs is 1. The standard InChI is InChI=1S/C19H19N3O2/c1-12(2)22-19-15(11-20-22)14(10-18(23)21-19)17-9-8-16(24-17)13-6-4-3-5-7-13/h3-9,11-12,14H,10H2,1-2H3,(H,21,23)/t14-/m0/s1. The number of rotatable bonds is 3. The number of anilines is 1. The van der Waals surface area contributed by atoms with Gasteiger partial charge in [0.15, 0.2) is 0 Å². The Bertz CT molecular complexity index is 877. The lowest BCUT2D eigenvalue weighted by Gasteiger charge is -2.23. The van der Waals surface area contributed by atoms with Crippen molar-refractivity contribution in [1.29, 1.82) is 0 Å². The van der Waals surface area contributed by atoms with Crippen LogP contribution in [0.25, 0.3) is 11.3 Å². The van der Waals surface area contributed by atoms with Crippen LogP contribution >= 0.6 is 0 Å². The van der Waals surface area contributed by atoms with Gasteiger partial charge in [-0.25, -0.2) is 4.68 Å². The first-order valence-corrected chi connectivity index (χ1v) is 8.16. The van der Waals surface area contributed by atoms with Crippen LogP contribution in [0.1, 0.15) is 43.6 Å². The Labute approximate surface area is 140 Å². The maximum Gasteiger partial charge on any atom is 0.226 e. The van der Waals surface area contributed by atoms with Crippen molar-refractivity contribution in [2.45, 2.75) is 32.2 Å². The van der Waals surface area contributed by atoms with Gasteiger partial charge in [-0.1, -0.05) is 30.3 Å². The molecule has 0 aliphatic carbocycles. The third kappa shape index (κ3) is 2.42. The van der Waals surface area contributed by atoms with Gasteiger partial charge >= 0.3 is 0 Å². The number of benzene rings is 1. The van der Waals surface area contributed by atoms with Crippen LogP contribution in [0.3, 0.4) is 0 Å². The van der Waals surface area contributed by atoms with E-state index in [2.05, 4.69) is 10.4 Å². The number of aromatic nitrogens is 2. The molecule has 5 nitrogen and oxygen atoms in total. The molecule has 24 heavy (non-hydrogen) atoms. The Kier molecular flexibility index (Phi) is 3.49. The summed E-state index contributed by atoms with van der Waals surface area (Å²) < 4.78 is 7.91. The van der Waals surface area contributed by atoms with Gasteiger partial charge in [0.25, 0.3) is 0 Å². The van der Waals surface area contributed by atoms with Gasteiger partial charge in [0, 0.05) is 23.6 Å². The van der Waals surface area contributed by atoms with Crippen LogP contribution in [0.2, 0.25) is 0 Å². The smallest absolute Gasteiger partial charge is 0.226 e. The number of amides is 1. The molecule has 0 saturated carbocycles. The van der Waals surface area contributed by atoms with E-state index in [1.54, 1.807) is 0 Å². The van der Waals surface area contributed by atoms with Gasteiger partial charge in [0.05, 0.1) is 12.1 Å². The van der Waals surface area contributed by atoms with Crippen LogP contribution in [0.4, 0.5) is 5.82 Å². The van der Waals surface area contributed by atoms with E-state index in [0.717, 1.165) is 28.5 Å². The Hall–Kier alpha value is -2.82. The fourth-order valence-corrected chi connectivity index (χ4v) is 3.18. The highest BCUT2D eigenvalue weighted by Crippen LogP contribution is 2.39. The zero-order valence-electron chi connectivity index (χ0n) is 13.7. The summed E-state index contributed by atoms with van der Waals surface area (Å²) in [5, 5.41) is 7.38. The van der Waals surface area contributed by atoms with Crippen LogP contribution in [0.5, 0.6) is 0 Å². The van der Waals surface area contributed by atoms with Crippen LogP contribution in [0, 0.1) is 0 Å². The minimum Gasteiger partial charge on any atom is -0.460 e. The summed E-state index contributed by atoms with van der Waals surface area (Å²) in [5.74, 6) is 2.29. The highest BCUT2D eigenvalue weighted by molar-refractivity contribution is 5.94. The minimum atomic E-state index is -0.0984. The highest BCUT2D eigenvalue weighted by Gasteiger charge is 2.32. The van der Waals surface area contributed by atoms with E-state index in [1.807, 2.05) is 67.2 Å². The monoisotopic (exact) mass is 321 g/mol. The van der Waals surface area contributed by atoms with Gasteiger partial charge in [-0.3, -0.25) is 4.79 Å². The predicted octanol–water partition coefficient (Wildman–Crippen LogP) is 4.20. The molecule has 1 N–H and O–H groups in total. The van der Waals surface area contributed by atoms with Crippen LogP contribution in [0.15, 0.2) is 53.1 Å². The highest BCUT2D eigenvalue weighted by atomic mass is 16.3. The first-order valence-electron chi connectivity index (χ1n) is 8.16. The van der Waals surface area contributed by atoms with Crippen LogP contribution in [-0.4, -0.2) is 15.7 Å². The van der Waals surface area contributed by atoms with E-state index >= 15 is 0 Å². The molecule has 122 valence electrons. The number of furan rings is 1. The molecule has 0 spiro atoms. The molecule has 0 saturated heterocycles. The Balaban J connectivity index is 1.73. The molecule has 2 aromatic heterocycles. The maximum atomic E-state index is 12.2. The van der Waals surface area contributed by atoms with Gasteiger partial charge in [-0.05, 0) is 26.0 Å². The summed E-state index contributed by atoms with van der Waals surface area (Å²) in [4.78, 5) is 12.2. The Morgan fingerprint density at radius 1 is 1.21 bits per heavy atom. The number of hydrogen-bond donors (Lipinski definition) is 1. The van der Waals surface area contributed by atoms with Crippen molar-refractivity contribution in [2.75, 3.05) is 5.32 Å². The van der Waals surface area contributed by atoms with E-state index in [9.17, 15) is 4.79 Å². The molecule has 1 amide bonds. The average Bonchev–Trinajstić information content (AvgIpc) is 3.22. The molecule has 0 unspecified atom stereocenters. The molecule has 4 rings (SSSR count). The lowest BCUT2D eigenvalue weighted by Crippen LogP contribution is -2.25. The van der Waals surface area contributed by atoms with Gasteiger partial charge in [0.1, 0.15) is 17.3 Å². The molecule has 3 aromatic rings. The van der Waals surface area contributed by atoms with Crippen molar-refractivity contribution >= 4 is 11.7 Å². The fraction of sp³-hybridized carbons (Fsp3) is 0.263. The third-order valence-electron chi connectivity index (χ3n) is 4.36. The number of carbonyl (C=O) groups is 1. The van der Waals surface area contributed by atoms with E-state index in [-0.39, 0.29) is 17.9 Å². The second-order valence-electron chi connectivity index (χ2n) is 6.36. The summed E-state index contributed by atoms with van der Waals surface area (Å²) in [5.41, 5.74) is 2.04. The lowest BCUT2D eigenvalue weighted by molar-refractivity contribution is -0.116. The number of hydrogen-bond acceptors (Lipinski definition) is 3. The average molecular weight is 321 g/mol. The molecule has 0 fully saturated rings. The molecule has 3 heterocycles. The van der Waals surface area contributed by atoms with E-state index < -0.39 is 0 Å². The summed E-state index contributed by atoms with van der Waals surface area (Å²) in [6.45, 7) is 4.09. The minimum absolute atomic E-state index is 0.00689. The summed E-state index contributed by atoms with van der Waals surface area (Å²) in [6, 6.07) is 14.1. The van der Waals surface area contributed by atoms with Crippen molar-refractivity contribution in [2.24, 2.45) is 0 Å². The molecule has 1 aliphatic rings. The maximum absolute atomic E-state index is 12.2. The Morgan fingerprint density at radius 3 is 2.75 bits per heavy atom. The number of nitrogens with zero attached hydrogens (tertiary/aromatic N) is 2. The quantitative estimate of drug-likeness (QED) is 0.786. The van der Waals surface area contributed by atoms with E-state index in [4.69, 9.17) is 4.42 Å². The summed E-state index contributed by atoms with van der Waals surface area (Å²) in [7, 11) is 0. The second kappa shape index (κ2) is 5.67. The van der Waals surface area contributed by atoms with Crippen molar-refractivity contribution < 1.29 is 9.21 Å². The zero-order valence-corrected chi connectivity index (χ0v) is 13.7. The van der Waals surface area contributed by atoms with Crippen molar-refractivity contribution in [3.63, 3.8) is 0 Å². The summed E-state index contributed by atoms with van der Waals surface area (Å²) in [6.07, 6.45) is 2.21. The molecule has 1 atom stereocenters. The normalized spacial score (nSPS) is 17.0. The lowest BCUT2D eigenvalue weighted by atomic mass is 9.92. The SMILES string of the molecule is CC(C)n1ncc2c1NC(=O)C[C@@H]2c1ccc(-c2ccccc2)o1. The third-order valence-corrected chi connectivity index (χ3v) is 4.36. The van der Waals surface area contributed by atoms with Crippen molar-refractivity contribution in [1.82, 2.24) is 9.78 Å². The van der Waals surface area contributed by atoms with Crippen LogP contribution in [-0.2, 0) is 4.79 Å². The van der Waals surface area contributed by atoms with E-state index in [1.165, 1.54) is 0 Å². The molecule has 5 heteroatoms. The largest absolute Gasteiger partial charge is 0.460 e. The first kappa shape index (κ1) is 14.8. The zero-order chi connectivity index (χ0) is 16.7. The van der Waals surface area contributed by atoms with Gasteiger partial charge < -0.3 is 9.73 Å². The molecule has 0 radical (unpaired) electrons. The molecule has 1 aromatic carbocycles. The van der Waals surface area contributed by atoms with Crippen molar-refractivity contribution in [3.8, 4) is 11.3 Å².